The molecule has 6 atom stereocenters. The summed E-state index contributed by atoms with van der Waals surface area (Å²) in [5.74, 6) is -13.8. The van der Waals surface area contributed by atoms with Crippen LogP contribution in [0.2, 0.25) is 0 Å². The van der Waals surface area contributed by atoms with Gasteiger partial charge in [-0.05, 0) is 61.9 Å². The molecule has 81 heavy (non-hydrogen) atoms. The van der Waals surface area contributed by atoms with Gasteiger partial charge in [0.2, 0.25) is 47.3 Å². The van der Waals surface area contributed by atoms with E-state index in [-0.39, 0.29) is 36.9 Å². The molecule has 2 aromatic carbocycles. The van der Waals surface area contributed by atoms with Crippen LogP contribution in [-0.2, 0) is 64.1 Å². The van der Waals surface area contributed by atoms with Crippen molar-refractivity contribution in [3.05, 3.63) is 83.7 Å². The molecule has 0 aliphatic carbocycles. The number of Topliss-reactive ketones (excluding diaryl/α,β-unsaturated/α-hetero) is 1. The number of carboxylic acids is 3. The minimum atomic E-state index is -1.85. The first-order valence-electron chi connectivity index (χ1n) is 25.7. The van der Waals surface area contributed by atoms with Crippen LogP contribution in [-0.4, -0.2) is 163 Å². The molecule has 11 N–H and O–H groups in total. The van der Waals surface area contributed by atoms with Gasteiger partial charge in [-0.15, -0.1) is 0 Å². The Balaban J connectivity index is 2.02. The van der Waals surface area contributed by atoms with E-state index in [1.807, 2.05) is 12.1 Å². The van der Waals surface area contributed by atoms with Gasteiger partial charge in [0, 0.05) is 81.8 Å². The first kappa shape index (κ1) is 66.7. The number of amides is 8. The summed E-state index contributed by atoms with van der Waals surface area (Å²) in [6.45, 7) is 5.89. The van der Waals surface area contributed by atoms with Crippen LogP contribution in [0.1, 0.15) is 110 Å². The molecule has 1 aromatic heterocycles. The van der Waals surface area contributed by atoms with Gasteiger partial charge >= 0.3 is 17.9 Å². The predicted molar refractivity (Wildman–Crippen MR) is 284 cm³/mol. The Morgan fingerprint density at radius 1 is 0.704 bits per heavy atom. The lowest BCUT2D eigenvalue weighted by atomic mass is 9.82. The van der Waals surface area contributed by atoms with E-state index in [1.165, 1.54) is 25.8 Å². The summed E-state index contributed by atoms with van der Waals surface area (Å²) in [5.41, 5.74) is 5.79. The lowest BCUT2D eigenvalue weighted by Gasteiger charge is -2.41. The highest BCUT2D eigenvalue weighted by Crippen LogP contribution is 2.41. The largest absolute Gasteiger partial charge is 0.481 e. The molecule has 0 fully saturated rings. The topological polar surface area (TPSA) is 383 Å². The Morgan fingerprint density at radius 2 is 1.32 bits per heavy atom. The SMILES string of the molecule is C[C@H](NC(=O)CCC(=O)CCC(=O)O)C(=O)N(C)[C@@H](C)C(=O)N[C@@H](CC(N)=O)C(=O)N[C@@H](CCN(C(=O)CO)[C@@H](c1cc(-c2cc(F)ccc2F)cn1Cc1ccccc1)C(C)(C)C)C(=O)NCCC(=O)N[C@H](CCC(=O)O)C(=O)O. The average Bonchev–Trinajstić information content (AvgIpc) is 3.91. The molecule has 442 valence electrons. The fourth-order valence-corrected chi connectivity index (χ4v) is 8.50. The third-order valence-electron chi connectivity index (χ3n) is 12.8. The zero-order valence-electron chi connectivity index (χ0n) is 45.8. The third kappa shape index (κ3) is 21.5. The lowest BCUT2D eigenvalue weighted by molar-refractivity contribution is -0.143. The lowest BCUT2D eigenvalue weighted by Crippen LogP contribution is -2.58. The van der Waals surface area contributed by atoms with Gasteiger partial charge in [0.1, 0.15) is 54.2 Å². The maximum Gasteiger partial charge on any atom is 0.326 e. The smallest absolute Gasteiger partial charge is 0.326 e. The molecular formula is C54H71F2N9O16. The van der Waals surface area contributed by atoms with E-state index in [2.05, 4.69) is 26.6 Å². The van der Waals surface area contributed by atoms with Crippen molar-refractivity contribution in [3.63, 3.8) is 0 Å². The third-order valence-corrected chi connectivity index (χ3v) is 12.8. The summed E-state index contributed by atoms with van der Waals surface area (Å²) in [4.78, 5) is 155. The number of primary amides is 1. The van der Waals surface area contributed by atoms with Gasteiger partial charge in [-0.1, -0.05) is 51.1 Å². The van der Waals surface area contributed by atoms with Crippen LogP contribution in [0, 0.1) is 17.0 Å². The monoisotopic (exact) mass is 1140 g/mol. The number of nitrogens with one attached hydrogen (secondary N) is 5. The summed E-state index contributed by atoms with van der Waals surface area (Å²) < 4.78 is 31.8. The number of ketones is 1. The van der Waals surface area contributed by atoms with Gasteiger partial charge < -0.3 is 67.1 Å². The predicted octanol–water partition coefficient (Wildman–Crippen LogP) is 1.13. The van der Waals surface area contributed by atoms with Crippen LogP contribution in [0.3, 0.4) is 0 Å². The molecule has 8 amide bonds. The Kier molecular flexibility index (Phi) is 25.7. The number of carbonyl (C=O) groups is 12. The number of rotatable bonds is 33. The number of likely N-dealkylation sites (N-methyl/N-ethyl adjacent to an activating group) is 1. The van der Waals surface area contributed by atoms with Gasteiger partial charge in [-0.25, -0.2) is 13.6 Å². The average molecular weight is 1140 g/mol. The normalized spacial score (nSPS) is 13.4. The fraction of sp³-hybridized carbons (Fsp3) is 0.481. The highest BCUT2D eigenvalue weighted by molar-refractivity contribution is 5.97. The van der Waals surface area contributed by atoms with Gasteiger partial charge in [0.25, 0.3) is 0 Å². The van der Waals surface area contributed by atoms with Gasteiger partial charge in [0.05, 0.1) is 18.9 Å². The number of aliphatic hydroxyl groups is 1. The molecule has 0 aliphatic rings. The van der Waals surface area contributed by atoms with Crippen molar-refractivity contribution in [3.8, 4) is 11.1 Å². The van der Waals surface area contributed by atoms with E-state index >= 15 is 4.39 Å². The highest BCUT2D eigenvalue weighted by Gasteiger charge is 2.39. The number of halogens is 2. The van der Waals surface area contributed by atoms with Crippen molar-refractivity contribution in [2.75, 3.05) is 26.7 Å². The van der Waals surface area contributed by atoms with E-state index < -0.39 is 182 Å². The van der Waals surface area contributed by atoms with Crippen LogP contribution in [0.5, 0.6) is 0 Å². The quantitative estimate of drug-likeness (QED) is 0.0409. The number of hydrogen-bond donors (Lipinski definition) is 10. The first-order valence-corrected chi connectivity index (χ1v) is 25.7. The number of aliphatic hydroxyl groups excluding tert-OH is 1. The molecule has 0 unspecified atom stereocenters. The van der Waals surface area contributed by atoms with Crippen molar-refractivity contribution < 1.29 is 86.7 Å². The number of hydrogen-bond acceptors (Lipinski definition) is 13. The summed E-state index contributed by atoms with van der Waals surface area (Å²) in [7, 11) is 1.19. The first-order chi connectivity index (χ1) is 37.9. The van der Waals surface area contributed by atoms with Crippen molar-refractivity contribution in [2.45, 2.75) is 135 Å². The van der Waals surface area contributed by atoms with Crippen molar-refractivity contribution in [1.82, 2.24) is 41.0 Å². The summed E-state index contributed by atoms with van der Waals surface area (Å²) in [6.07, 6.45) is -2.84. The number of aromatic nitrogens is 1. The fourth-order valence-electron chi connectivity index (χ4n) is 8.50. The van der Waals surface area contributed by atoms with Gasteiger partial charge in [-0.3, -0.25) is 52.7 Å². The minimum absolute atomic E-state index is 0.106. The van der Waals surface area contributed by atoms with Crippen LogP contribution in [0.4, 0.5) is 8.78 Å². The molecule has 0 spiro atoms. The Bertz CT molecular complexity index is 2790. The van der Waals surface area contributed by atoms with Gasteiger partial charge in [-0.2, -0.15) is 0 Å². The number of nitrogens with two attached hydrogens (primary N) is 1. The second-order valence-electron chi connectivity index (χ2n) is 20.3. The summed E-state index contributed by atoms with van der Waals surface area (Å²) >= 11 is 0. The van der Waals surface area contributed by atoms with Crippen LogP contribution < -0.4 is 32.3 Å². The number of aliphatic carboxylic acids is 3. The molecule has 0 aliphatic heterocycles. The van der Waals surface area contributed by atoms with E-state index in [0.717, 1.165) is 28.7 Å². The molecule has 3 rings (SSSR count). The van der Waals surface area contributed by atoms with E-state index in [0.29, 0.717) is 5.69 Å². The second kappa shape index (κ2) is 31.2. The highest BCUT2D eigenvalue weighted by atomic mass is 19.1. The van der Waals surface area contributed by atoms with Gasteiger partial charge in [0.15, 0.2) is 0 Å². The molecular weight excluding hydrogens is 1070 g/mol. The van der Waals surface area contributed by atoms with Crippen molar-refractivity contribution >= 4 is 70.9 Å². The maximum absolute atomic E-state index is 15.4. The molecule has 1 heterocycles. The molecule has 0 radical (unpaired) electrons. The summed E-state index contributed by atoms with van der Waals surface area (Å²) in [6, 6.07) is 4.55. The zero-order chi connectivity index (χ0) is 60.9. The maximum atomic E-state index is 15.4. The van der Waals surface area contributed by atoms with Crippen LogP contribution in [0.25, 0.3) is 11.1 Å². The van der Waals surface area contributed by atoms with Crippen LogP contribution in [0.15, 0.2) is 60.8 Å². The number of carbonyl (C=O) groups excluding carboxylic acids is 9. The molecule has 0 bridgehead atoms. The van der Waals surface area contributed by atoms with E-state index in [1.54, 1.807) is 55.8 Å². The zero-order valence-corrected chi connectivity index (χ0v) is 45.8. The molecule has 25 nitrogen and oxygen atoms in total. The molecule has 3 aromatic rings. The number of benzene rings is 2. The minimum Gasteiger partial charge on any atom is -0.481 e. The molecule has 0 saturated heterocycles. The standard InChI is InChI=1S/C54H71F2N9O16/c1-30(59-43(69)17-13-35(67)14-18-46(72)73)52(79)63(6)31(2)49(76)62-40(26-42(57)68)51(78)61-38(50(77)58-22-20-44(70)60-39(53(80)81)16-19-47(74)75)21-23-65(45(71)29-66)48(54(3,4)5)41-24-33(36-25-34(55)12-15-37(36)56)28-64(41)27-32-10-8-7-9-11-32/h7-12,15,24-25,28,30-31,38-40,48,66H,13-14,16-23,26-27,29H2,1-6H3,(H2,57,68)(H,58,77)(H,59,69)(H,60,70)(H,61,78)(H,62,76)(H,72,73)(H,74,75)(H,80,81)/t30-,31-,38-,39+,40-,48-/m0/s1. The van der Waals surface area contributed by atoms with Crippen molar-refractivity contribution in [2.24, 2.45) is 11.1 Å². The Hall–Kier alpha value is -8.62. The van der Waals surface area contributed by atoms with Crippen molar-refractivity contribution in [1.29, 1.82) is 0 Å². The van der Waals surface area contributed by atoms with Crippen LogP contribution >= 0.6 is 0 Å². The molecule has 0 saturated carbocycles. The Morgan fingerprint density at radius 3 is 1.91 bits per heavy atom. The summed E-state index contributed by atoms with van der Waals surface area (Å²) in [5, 5.41) is 49.6. The van der Waals surface area contributed by atoms with E-state index in [4.69, 9.17) is 15.9 Å². The number of nitrogens with zero attached hydrogens (tertiary/aromatic N) is 3. The number of carboxylic acid groups (broad SMARTS) is 3. The molecule has 27 heteroatoms. The Labute approximate surface area is 465 Å². The second-order valence-corrected chi connectivity index (χ2v) is 20.3. The van der Waals surface area contributed by atoms with E-state index in [9.17, 15) is 72.1 Å².